The van der Waals surface area contributed by atoms with Gasteiger partial charge in [0.25, 0.3) is 0 Å². The van der Waals surface area contributed by atoms with E-state index >= 15 is 0 Å². The van der Waals surface area contributed by atoms with Gasteiger partial charge in [0.15, 0.2) is 0 Å². The van der Waals surface area contributed by atoms with Crippen LogP contribution in [0.5, 0.6) is 5.75 Å². The normalized spacial score (nSPS) is 11.3. The van der Waals surface area contributed by atoms with Crippen LogP contribution >= 0.6 is 0 Å². The van der Waals surface area contributed by atoms with Crippen LogP contribution in [-0.4, -0.2) is 10.3 Å². The summed E-state index contributed by atoms with van der Waals surface area (Å²) in [4.78, 5) is 0. The number of halogens is 2. The van der Waals surface area contributed by atoms with Crippen LogP contribution in [0.15, 0.2) is 115 Å². The first-order chi connectivity index (χ1) is 16.8. The number of benzene rings is 4. The van der Waals surface area contributed by atoms with Crippen LogP contribution in [0.2, 0.25) is 0 Å². The summed E-state index contributed by atoms with van der Waals surface area (Å²) in [5, 5.41) is 0. The molecule has 2 aliphatic carbocycles. The van der Waals surface area contributed by atoms with Gasteiger partial charge in [0.05, 0.1) is 7.11 Å². The SMILES string of the molecule is COc1cc[c-]c2c1-c1ccccc1C2.[C-]1=CC=CC1.[Cl-].[Cl-].[Zr+2]=[C](c1ccccc1)c1ccccc1. The van der Waals surface area contributed by atoms with Gasteiger partial charge >= 0.3 is 99.2 Å². The fraction of sp³-hybridized carbons (Fsp3) is 0.0938. The average molecular weight is 589 g/mol. The minimum absolute atomic E-state index is 0. The van der Waals surface area contributed by atoms with E-state index in [1.54, 1.807) is 7.11 Å². The predicted octanol–water partition coefficient (Wildman–Crippen LogP) is 1.18. The molecule has 0 bridgehead atoms. The van der Waals surface area contributed by atoms with E-state index in [0.29, 0.717) is 0 Å². The molecule has 4 aromatic carbocycles. The van der Waals surface area contributed by atoms with Gasteiger partial charge in [-0.2, -0.15) is 18.2 Å². The molecule has 0 aliphatic heterocycles. The van der Waals surface area contributed by atoms with Crippen molar-refractivity contribution in [1.29, 1.82) is 0 Å². The Hall–Kier alpha value is -2.51. The van der Waals surface area contributed by atoms with Crippen molar-refractivity contribution in [2.75, 3.05) is 7.11 Å². The van der Waals surface area contributed by atoms with Gasteiger partial charge in [-0.1, -0.05) is 35.4 Å². The molecule has 0 aromatic heterocycles. The van der Waals surface area contributed by atoms with Crippen molar-refractivity contribution >= 4 is 3.21 Å². The first kappa shape index (κ1) is 29.7. The molecule has 2 aliphatic rings. The predicted molar refractivity (Wildman–Crippen MR) is 138 cm³/mol. The molecule has 0 N–H and O–H groups in total. The fourth-order valence-electron chi connectivity index (χ4n) is 3.95. The second kappa shape index (κ2) is 15.6. The fourth-order valence-corrected chi connectivity index (χ4v) is 4.77. The minimum atomic E-state index is 0. The van der Waals surface area contributed by atoms with Crippen LogP contribution < -0.4 is 29.6 Å². The van der Waals surface area contributed by atoms with Gasteiger partial charge in [-0.3, -0.25) is 6.08 Å². The van der Waals surface area contributed by atoms with Crippen LogP contribution in [0.1, 0.15) is 28.7 Å². The Labute approximate surface area is 242 Å². The summed E-state index contributed by atoms with van der Waals surface area (Å²) in [5.74, 6) is 0.952. The third-order valence-corrected chi connectivity index (χ3v) is 7.04. The van der Waals surface area contributed by atoms with Gasteiger partial charge in [0.1, 0.15) is 0 Å². The molecule has 1 nitrogen and oxygen atoms in total. The van der Waals surface area contributed by atoms with Crippen molar-refractivity contribution < 1.29 is 53.8 Å². The molecular formula is C32H26Cl2OZr-2. The standard InChI is InChI=1S/C14H11O.C13H10.C5H5.2ClH.Zr/c1-15-13-8-4-6-11-9-10-5-2-3-7-12(10)14(11)13;1-3-7-12(8-4-1)11-13-9-5-2-6-10-13;1-2-4-5-3-1;;;/h2-5,7-8H,9H2,1H3;1-10H;1-3H,4H2;2*1H;/q-1;;-1;;;+2/p-2. The van der Waals surface area contributed by atoms with Crippen molar-refractivity contribution in [1.82, 2.24) is 0 Å². The van der Waals surface area contributed by atoms with E-state index in [-0.39, 0.29) is 24.8 Å². The molecule has 0 atom stereocenters. The zero-order valence-electron chi connectivity index (χ0n) is 20.0. The number of methoxy groups -OCH3 is 1. The molecular weight excluding hydrogens is 562 g/mol. The summed E-state index contributed by atoms with van der Waals surface area (Å²) in [5.41, 5.74) is 7.79. The number of allylic oxidation sites excluding steroid dienone is 4. The molecule has 4 heteroatoms. The zero-order chi connectivity index (χ0) is 23.6. The van der Waals surface area contributed by atoms with Crippen molar-refractivity contribution in [2.24, 2.45) is 0 Å². The Kier molecular flexibility index (Phi) is 12.9. The zero-order valence-corrected chi connectivity index (χ0v) is 24.0. The molecule has 4 aromatic rings. The van der Waals surface area contributed by atoms with Crippen molar-refractivity contribution in [3.05, 3.63) is 150 Å². The van der Waals surface area contributed by atoms with Gasteiger partial charge in [-0.15, -0.1) is 18.1 Å². The molecule has 0 amide bonds. The topological polar surface area (TPSA) is 9.23 Å². The average Bonchev–Trinajstić information content (AvgIpc) is 3.61. The van der Waals surface area contributed by atoms with Crippen molar-refractivity contribution in [3.63, 3.8) is 0 Å². The summed E-state index contributed by atoms with van der Waals surface area (Å²) in [6.45, 7) is 0. The molecule has 0 saturated carbocycles. The van der Waals surface area contributed by atoms with E-state index in [4.69, 9.17) is 4.74 Å². The Morgan fingerprint density at radius 3 is 1.94 bits per heavy atom. The number of fused-ring (bicyclic) bond motifs is 3. The molecule has 0 radical (unpaired) electrons. The molecule has 180 valence electrons. The molecule has 36 heavy (non-hydrogen) atoms. The van der Waals surface area contributed by atoms with Gasteiger partial charge < -0.3 is 29.6 Å². The Morgan fingerprint density at radius 2 is 1.42 bits per heavy atom. The molecule has 0 heterocycles. The first-order valence-electron chi connectivity index (χ1n) is 11.3. The van der Waals surface area contributed by atoms with E-state index in [1.165, 1.54) is 60.8 Å². The number of hydrogen-bond donors (Lipinski definition) is 0. The van der Waals surface area contributed by atoms with Gasteiger partial charge in [-0.25, -0.2) is 12.2 Å². The number of ether oxygens (including phenoxy) is 1. The summed E-state index contributed by atoms with van der Waals surface area (Å²) in [6.07, 6.45) is 11.0. The maximum atomic E-state index is 5.39. The monoisotopic (exact) mass is 586 g/mol. The van der Waals surface area contributed by atoms with E-state index in [1.807, 2.05) is 24.3 Å². The van der Waals surface area contributed by atoms with Crippen LogP contribution in [0, 0.1) is 12.1 Å². The summed E-state index contributed by atoms with van der Waals surface area (Å²) in [7, 11) is 1.72. The second-order valence-electron chi connectivity index (χ2n) is 7.84. The third kappa shape index (κ3) is 7.74. The molecule has 6 rings (SSSR count). The summed E-state index contributed by atoms with van der Waals surface area (Å²) in [6, 6.07) is 36.8. The van der Waals surface area contributed by atoms with E-state index in [9.17, 15) is 0 Å². The van der Waals surface area contributed by atoms with Gasteiger partial charge in [-0.05, 0) is 12.0 Å². The molecule has 0 fully saturated rings. The number of hydrogen-bond acceptors (Lipinski definition) is 1. The van der Waals surface area contributed by atoms with E-state index in [0.717, 1.165) is 18.6 Å². The Morgan fingerprint density at radius 1 is 0.806 bits per heavy atom. The Balaban J connectivity index is 0.000000204. The van der Waals surface area contributed by atoms with E-state index in [2.05, 4.69) is 103 Å². The quantitative estimate of drug-likeness (QED) is 0.288. The Bertz CT molecular complexity index is 1250. The van der Waals surface area contributed by atoms with Gasteiger partial charge in [0.2, 0.25) is 0 Å². The summed E-state index contributed by atoms with van der Waals surface area (Å²) < 4.78 is 6.81. The maximum absolute atomic E-state index is 5.39. The number of rotatable bonds is 3. The van der Waals surface area contributed by atoms with Gasteiger partial charge in [0, 0.05) is 5.75 Å². The summed E-state index contributed by atoms with van der Waals surface area (Å²) >= 11 is 1.46. The van der Waals surface area contributed by atoms with Crippen molar-refractivity contribution in [3.8, 4) is 16.9 Å². The van der Waals surface area contributed by atoms with Crippen LogP contribution in [0.25, 0.3) is 11.1 Å². The van der Waals surface area contributed by atoms with Crippen LogP contribution in [-0.2, 0) is 30.7 Å². The first-order valence-corrected chi connectivity index (χ1v) is 12.6. The molecule has 0 saturated heterocycles. The molecule has 0 unspecified atom stereocenters. The molecule has 0 spiro atoms. The third-order valence-electron chi connectivity index (χ3n) is 5.63. The van der Waals surface area contributed by atoms with Crippen molar-refractivity contribution in [2.45, 2.75) is 12.8 Å². The van der Waals surface area contributed by atoms with Crippen LogP contribution in [0.4, 0.5) is 0 Å². The van der Waals surface area contributed by atoms with Crippen LogP contribution in [0.3, 0.4) is 0 Å². The van der Waals surface area contributed by atoms with E-state index < -0.39 is 0 Å². The second-order valence-corrected chi connectivity index (χ2v) is 9.07.